The largest absolute Gasteiger partial charge is 0.387 e. The summed E-state index contributed by atoms with van der Waals surface area (Å²) in [5.74, 6) is -0.209. The molecule has 1 aromatic carbocycles. The van der Waals surface area contributed by atoms with Crippen LogP contribution < -0.4 is 0 Å². The number of aromatic nitrogens is 3. The molecule has 0 aliphatic rings. The number of rotatable bonds is 4. The Morgan fingerprint density at radius 1 is 1.27 bits per heavy atom. The van der Waals surface area contributed by atoms with Gasteiger partial charge in [0.25, 0.3) is 0 Å². The van der Waals surface area contributed by atoms with Crippen LogP contribution in [0.1, 0.15) is 11.7 Å². The molecule has 8 heteroatoms. The molecule has 0 radical (unpaired) electrons. The highest BCUT2D eigenvalue weighted by molar-refractivity contribution is 7.99. The molecule has 0 amide bonds. The van der Waals surface area contributed by atoms with E-state index in [1.807, 2.05) is 0 Å². The van der Waals surface area contributed by atoms with Gasteiger partial charge in [0.1, 0.15) is 5.82 Å². The lowest BCUT2D eigenvalue weighted by molar-refractivity contribution is 0.199. The third-order valence-corrected chi connectivity index (χ3v) is 4.53. The zero-order valence-corrected chi connectivity index (χ0v) is 13.4. The van der Waals surface area contributed by atoms with E-state index in [2.05, 4.69) is 10.2 Å². The van der Waals surface area contributed by atoms with Crippen LogP contribution in [-0.2, 0) is 0 Å². The molecule has 2 aromatic heterocycles. The number of nitrogens with zero attached hydrogens (tertiary/aromatic N) is 3. The van der Waals surface area contributed by atoms with Crippen molar-refractivity contribution in [3.63, 3.8) is 0 Å². The van der Waals surface area contributed by atoms with Crippen LogP contribution in [0.4, 0.5) is 4.39 Å². The number of hydrogen-bond donors (Lipinski definition) is 1. The molecule has 2 heterocycles. The molecule has 0 spiro atoms. The summed E-state index contributed by atoms with van der Waals surface area (Å²) in [4.78, 5) is 0. The number of hydrogen-bond acceptors (Lipinski definition) is 4. The zero-order chi connectivity index (χ0) is 15.7. The molecular weight excluding hydrogens is 348 g/mol. The normalized spacial score (nSPS) is 12.7. The SMILES string of the molecule is O[C@H](CSc1nnc2c(Cl)cc(Cl)cn12)c1ccccc1F. The fourth-order valence-electron chi connectivity index (χ4n) is 1.99. The van der Waals surface area contributed by atoms with Crippen molar-refractivity contribution in [2.75, 3.05) is 5.75 Å². The Morgan fingerprint density at radius 2 is 2.05 bits per heavy atom. The molecule has 0 saturated carbocycles. The smallest absolute Gasteiger partial charge is 0.195 e. The van der Waals surface area contributed by atoms with Gasteiger partial charge in [-0.05, 0) is 12.1 Å². The molecule has 0 fully saturated rings. The van der Waals surface area contributed by atoms with Gasteiger partial charge in [0.15, 0.2) is 10.8 Å². The van der Waals surface area contributed by atoms with E-state index in [0.29, 0.717) is 20.8 Å². The van der Waals surface area contributed by atoms with E-state index in [1.54, 1.807) is 34.9 Å². The lowest BCUT2D eigenvalue weighted by Crippen LogP contribution is -2.04. The van der Waals surface area contributed by atoms with Crippen LogP contribution in [0.25, 0.3) is 5.65 Å². The van der Waals surface area contributed by atoms with Crippen LogP contribution in [0.15, 0.2) is 41.7 Å². The van der Waals surface area contributed by atoms with E-state index in [1.165, 1.54) is 17.8 Å². The maximum absolute atomic E-state index is 13.6. The quantitative estimate of drug-likeness (QED) is 0.717. The molecule has 1 N–H and O–H groups in total. The summed E-state index contributed by atoms with van der Waals surface area (Å²) in [7, 11) is 0. The Hall–Kier alpha value is -1.34. The van der Waals surface area contributed by atoms with Gasteiger partial charge in [-0.15, -0.1) is 10.2 Å². The van der Waals surface area contributed by atoms with E-state index in [0.717, 1.165) is 0 Å². The van der Waals surface area contributed by atoms with Gasteiger partial charge in [-0.1, -0.05) is 53.2 Å². The first kappa shape index (κ1) is 15.6. The molecule has 0 aliphatic heterocycles. The molecule has 1 atom stereocenters. The van der Waals surface area contributed by atoms with Crippen molar-refractivity contribution in [1.82, 2.24) is 14.6 Å². The highest BCUT2D eigenvalue weighted by Crippen LogP contribution is 2.28. The maximum atomic E-state index is 13.6. The predicted molar refractivity (Wildman–Crippen MR) is 85.1 cm³/mol. The number of pyridine rings is 1. The Morgan fingerprint density at radius 3 is 2.82 bits per heavy atom. The number of fused-ring (bicyclic) bond motifs is 1. The molecule has 22 heavy (non-hydrogen) atoms. The molecule has 114 valence electrons. The zero-order valence-electron chi connectivity index (χ0n) is 11.1. The predicted octanol–water partition coefficient (Wildman–Crippen LogP) is 4.00. The molecule has 0 bridgehead atoms. The van der Waals surface area contributed by atoms with Gasteiger partial charge in [0, 0.05) is 17.5 Å². The second-order valence-corrected chi connectivity index (χ2v) is 6.36. The first-order valence-corrected chi connectivity index (χ1v) is 8.05. The highest BCUT2D eigenvalue weighted by atomic mass is 35.5. The molecule has 4 nitrogen and oxygen atoms in total. The number of benzene rings is 1. The third-order valence-electron chi connectivity index (χ3n) is 3.03. The Labute approximate surface area is 139 Å². The monoisotopic (exact) mass is 357 g/mol. The first-order chi connectivity index (χ1) is 10.6. The van der Waals surface area contributed by atoms with Crippen LogP contribution in [0.2, 0.25) is 10.0 Å². The van der Waals surface area contributed by atoms with Gasteiger partial charge in [0.2, 0.25) is 0 Å². The summed E-state index contributed by atoms with van der Waals surface area (Å²) in [6, 6.07) is 7.70. The van der Waals surface area contributed by atoms with Crippen LogP contribution in [-0.4, -0.2) is 25.5 Å². The molecule has 0 aliphatic carbocycles. The van der Waals surface area contributed by atoms with Crippen molar-refractivity contribution in [3.05, 3.63) is 58.0 Å². The van der Waals surface area contributed by atoms with E-state index < -0.39 is 11.9 Å². The van der Waals surface area contributed by atoms with Gasteiger partial charge in [-0.25, -0.2) is 4.39 Å². The van der Waals surface area contributed by atoms with Crippen molar-refractivity contribution in [3.8, 4) is 0 Å². The summed E-state index contributed by atoms with van der Waals surface area (Å²) in [6.07, 6.45) is 0.689. The molecular formula is C14H10Cl2FN3OS. The second-order valence-electron chi connectivity index (χ2n) is 4.53. The van der Waals surface area contributed by atoms with Crippen molar-refractivity contribution >= 4 is 40.6 Å². The van der Waals surface area contributed by atoms with Crippen LogP contribution >= 0.6 is 35.0 Å². The van der Waals surface area contributed by atoms with E-state index in [-0.39, 0.29) is 11.3 Å². The minimum Gasteiger partial charge on any atom is -0.387 e. The van der Waals surface area contributed by atoms with Crippen LogP contribution in [0.3, 0.4) is 0 Å². The van der Waals surface area contributed by atoms with Gasteiger partial charge < -0.3 is 5.11 Å². The standard InChI is InChI=1S/C14H10Cl2FN3OS/c15-8-5-10(16)13-18-19-14(20(13)6-8)22-7-12(21)9-3-1-2-4-11(9)17/h1-6,12,21H,7H2/t12-/m1/s1. The van der Waals surface area contributed by atoms with Crippen LogP contribution in [0, 0.1) is 5.82 Å². The molecule has 0 unspecified atom stereocenters. The summed E-state index contributed by atoms with van der Waals surface area (Å²) in [5.41, 5.74) is 0.730. The van der Waals surface area contributed by atoms with Gasteiger partial charge in [-0.2, -0.15) is 0 Å². The Balaban J connectivity index is 1.81. The lowest BCUT2D eigenvalue weighted by atomic mass is 10.1. The van der Waals surface area contributed by atoms with Crippen molar-refractivity contribution in [2.45, 2.75) is 11.3 Å². The fourth-order valence-corrected chi connectivity index (χ4v) is 3.36. The van der Waals surface area contributed by atoms with E-state index in [4.69, 9.17) is 23.2 Å². The van der Waals surface area contributed by atoms with Gasteiger partial charge >= 0.3 is 0 Å². The summed E-state index contributed by atoms with van der Waals surface area (Å²) < 4.78 is 15.3. The third kappa shape index (κ3) is 3.05. The lowest BCUT2D eigenvalue weighted by Gasteiger charge is -2.10. The summed E-state index contributed by atoms with van der Waals surface area (Å²) in [5, 5.41) is 19.5. The van der Waals surface area contributed by atoms with Crippen molar-refractivity contribution < 1.29 is 9.50 Å². The minimum absolute atomic E-state index is 0.228. The average molecular weight is 358 g/mol. The summed E-state index contributed by atoms with van der Waals surface area (Å²) in [6.45, 7) is 0. The second kappa shape index (κ2) is 6.42. The Kier molecular flexibility index (Phi) is 4.54. The van der Waals surface area contributed by atoms with E-state index in [9.17, 15) is 9.50 Å². The number of halogens is 3. The number of thioether (sulfide) groups is 1. The van der Waals surface area contributed by atoms with Gasteiger partial charge in [0.05, 0.1) is 16.1 Å². The number of aliphatic hydroxyl groups excluding tert-OH is 1. The highest BCUT2D eigenvalue weighted by Gasteiger charge is 2.16. The van der Waals surface area contributed by atoms with Gasteiger partial charge in [-0.3, -0.25) is 4.40 Å². The topological polar surface area (TPSA) is 50.4 Å². The number of aliphatic hydroxyl groups is 1. The molecule has 3 aromatic rings. The average Bonchev–Trinajstić information content (AvgIpc) is 2.88. The molecule has 0 saturated heterocycles. The minimum atomic E-state index is -0.951. The van der Waals surface area contributed by atoms with Crippen LogP contribution in [0.5, 0.6) is 0 Å². The van der Waals surface area contributed by atoms with Crippen molar-refractivity contribution in [1.29, 1.82) is 0 Å². The fraction of sp³-hybridized carbons (Fsp3) is 0.143. The maximum Gasteiger partial charge on any atom is 0.195 e. The van der Waals surface area contributed by atoms with Crippen molar-refractivity contribution in [2.24, 2.45) is 0 Å². The van der Waals surface area contributed by atoms with E-state index >= 15 is 0 Å². The summed E-state index contributed by atoms with van der Waals surface area (Å²) >= 11 is 13.2. The molecule has 3 rings (SSSR count). The Bertz CT molecular complexity index is 827. The first-order valence-electron chi connectivity index (χ1n) is 6.31.